The Morgan fingerprint density at radius 2 is 1.90 bits per heavy atom. The van der Waals surface area contributed by atoms with Gasteiger partial charge >= 0.3 is 5.97 Å². The lowest BCUT2D eigenvalue weighted by Crippen LogP contribution is -2.31. The first-order valence-electron chi connectivity index (χ1n) is 6.44. The number of aliphatic hydroxyl groups is 1. The van der Waals surface area contributed by atoms with Gasteiger partial charge in [0.25, 0.3) is 0 Å². The van der Waals surface area contributed by atoms with Crippen molar-refractivity contribution in [2.75, 3.05) is 13.7 Å². The van der Waals surface area contributed by atoms with E-state index in [0.717, 1.165) is 5.56 Å². The van der Waals surface area contributed by atoms with E-state index in [1.54, 1.807) is 6.92 Å². The van der Waals surface area contributed by atoms with E-state index in [9.17, 15) is 14.7 Å². The molecule has 2 atom stereocenters. The van der Waals surface area contributed by atoms with E-state index in [-0.39, 0.29) is 18.8 Å². The zero-order valence-electron chi connectivity index (χ0n) is 11.7. The highest BCUT2D eigenvalue weighted by molar-refractivity contribution is 5.96. The van der Waals surface area contributed by atoms with Gasteiger partial charge in [-0.25, -0.2) is 0 Å². The summed E-state index contributed by atoms with van der Waals surface area (Å²) in [7, 11) is 1.22. The van der Waals surface area contributed by atoms with Gasteiger partial charge in [0.05, 0.1) is 26.4 Å². The van der Waals surface area contributed by atoms with Gasteiger partial charge in [-0.15, -0.1) is 0 Å². The second-order valence-corrected chi connectivity index (χ2v) is 4.58. The Morgan fingerprint density at radius 1 is 1.25 bits per heavy atom. The van der Waals surface area contributed by atoms with Gasteiger partial charge in [0.2, 0.25) is 0 Å². The number of hydrogen-bond acceptors (Lipinski definition) is 5. The van der Waals surface area contributed by atoms with Crippen LogP contribution in [-0.4, -0.2) is 36.7 Å². The lowest BCUT2D eigenvalue weighted by molar-refractivity contribution is -0.145. The first-order valence-corrected chi connectivity index (χ1v) is 6.44. The first kappa shape index (κ1) is 16.3. The Hall–Kier alpha value is -1.72. The zero-order valence-corrected chi connectivity index (χ0v) is 11.7. The van der Waals surface area contributed by atoms with Crippen LogP contribution in [-0.2, 0) is 25.7 Å². The molecule has 1 rings (SSSR count). The number of carbonyl (C=O) groups is 2. The third kappa shape index (κ3) is 5.50. The van der Waals surface area contributed by atoms with E-state index >= 15 is 0 Å². The fraction of sp³-hybridized carbons (Fsp3) is 0.467. The summed E-state index contributed by atoms with van der Waals surface area (Å²) in [5.74, 6) is -1.61. The highest BCUT2D eigenvalue weighted by Crippen LogP contribution is 2.09. The molecule has 0 spiro atoms. The van der Waals surface area contributed by atoms with Gasteiger partial charge in [-0.3, -0.25) is 9.59 Å². The zero-order chi connectivity index (χ0) is 15.0. The summed E-state index contributed by atoms with van der Waals surface area (Å²) in [6.07, 6.45) is -1.26. The van der Waals surface area contributed by atoms with E-state index in [0.29, 0.717) is 6.61 Å². The van der Waals surface area contributed by atoms with Gasteiger partial charge < -0.3 is 14.6 Å². The minimum atomic E-state index is -0.934. The Bertz CT molecular complexity index is 429. The van der Waals surface area contributed by atoms with E-state index < -0.39 is 18.0 Å². The molecular formula is C15H20O5. The number of esters is 1. The van der Waals surface area contributed by atoms with Crippen molar-refractivity contribution in [1.29, 1.82) is 0 Å². The SMILES string of the molecule is COC(=O)CC(=O)C(C)C(O)COCc1ccccc1. The summed E-state index contributed by atoms with van der Waals surface area (Å²) in [5, 5.41) is 9.85. The highest BCUT2D eigenvalue weighted by atomic mass is 16.5. The van der Waals surface area contributed by atoms with Crippen molar-refractivity contribution < 1.29 is 24.2 Å². The van der Waals surface area contributed by atoms with Crippen LogP contribution in [0.4, 0.5) is 0 Å². The van der Waals surface area contributed by atoms with Gasteiger partial charge in [-0.1, -0.05) is 37.3 Å². The number of rotatable bonds is 8. The Balaban J connectivity index is 2.32. The number of carbonyl (C=O) groups excluding carboxylic acids is 2. The number of benzene rings is 1. The van der Waals surface area contributed by atoms with Gasteiger partial charge in [-0.2, -0.15) is 0 Å². The predicted molar refractivity (Wildman–Crippen MR) is 72.9 cm³/mol. The molecule has 2 unspecified atom stereocenters. The molecule has 0 saturated heterocycles. The van der Waals surface area contributed by atoms with E-state index in [1.807, 2.05) is 30.3 Å². The normalized spacial score (nSPS) is 13.6. The fourth-order valence-corrected chi connectivity index (χ4v) is 1.61. The van der Waals surface area contributed by atoms with Crippen molar-refractivity contribution in [3.63, 3.8) is 0 Å². The van der Waals surface area contributed by atoms with Gasteiger partial charge in [-0.05, 0) is 5.56 Å². The predicted octanol–water partition coefficient (Wildman–Crippen LogP) is 1.33. The van der Waals surface area contributed by atoms with Gasteiger partial charge in [0.1, 0.15) is 12.2 Å². The van der Waals surface area contributed by atoms with Crippen molar-refractivity contribution in [3.05, 3.63) is 35.9 Å². The van der Waals surface area contributed by atoms with Gasteiger partial charge in [0.15, 0.2) is 0 Å². The van der Waals surface area contributed by atoms with Crippen molar-refractivity contribution in [2.24, 2.45) is 5.92 Å². The van der Waals surface area contributed by atoms with Crippen LogP contribution >= 0.6 is 0 Å². The molecule has 1 N–H and O–H groups in total. The monoisotopic (exact) mass is 280 g/mol. The molecule has 0 aromatic heterocycles. The second kappa shape index (κ2) is 8.45. The molecule has 0 saturated carbocycles. The second-order valence-electron chi connectivity index (χ2n) is 4.58. The van der Waals surface area contributed by atoms with Crippen LogP contribution in [0.2, 0.25) is 0 Å². The molecule has 0 aliphatic heterocycles. The molecule has 0 bridgehead atoms. The highest BCUT2D eigenvalue weighted by Gasteiger charge is 2.24. The largest absolute Gasteiger partial charge is 0.469 e. The average Bonchev–Trinajstić information content (AvgIpc) is 2.47. The van der Waals surface area contributed by atoms with Crippen molar-refractivity contribution in [1.82, 2.24) is 0 Å². The number of Topliss-reactive ketones (excluding diaryl/α,β-unsaturated/α-hetero) is 1. The van der Waals surface area contributed by atoms with Crippen molar-refractivity contribution >= 4 is 11.8 Å². The molecule has 110 valence electrons. The van der Waals surface area contributed by atoms with E-state index in [2.05, 4.69) is 4.74 Å². The summed E-state index contributed by atoms with van der Waals surface area (Å²) in [6, 6.07) is 9.54. The van der Waals surface area contributed by atoms with Crippen LogP contribution in [0.15, 0.2) is 30.3 Å². The number of ketones is 1. The molecule has 0 amide bonds. The number of aliphatic hydroxyl groups excluding tert-OH is 1. The smallest absolute Gasteiger partial charge is 0.313 e. The lowest BCUT2D eigenvalue weighted by Gasteiger charge is -2.17. The summed E-state index contributed by atoms with van der Waals surface area (Å²) < 4.78 is 9.78. The molecule has 0 radical (unpaired) electrons. The quantitative estimate of drug-likeness (QED) is 0.574. The van der Waals surface area contributed by atoms with Crippen LogP contribution in [0.3, 0.4) is 0 Å². The van der Waals surface area contributed by atoms with Gasteiger partial charge in [0, 0.05) is 5.92 Å². The molecule has 0 fully saturated rings. The minimum Gasteiger partial charge on any atom is -0.469 e. The Labute approximate surface area is 118 Å². The molecule has 5 nitrogen and oxygen atoms in total. The topological polar surface area (TPSA) is 72.8 Å². The number of ether oxygens (including phenoxy) is 2. The fourth-order valence-electron chi connectivity index (χ4n) is 1.61. The molecule has 20 heavy (non-hydrogen) atoms. The Kier molecular flexibility index (Phi) is 6.90. The summed E-state index contributed by atoms with van der Waals surface area (Å²) in [6.45, 7) is 1.99. The van der Waals surface area contributed by atoms with Crippen LogP contribution in [0, 0.1) is 5.92 Å². The molecule has 5 heteroatoms. The molecule has 0 aliphatic carbocycles. The van der Waals surface area contributed by atoms with Crippen molar-refractivity contribution in [3.8, 4) is 0 Å². The van der Waals surface area contributed by atoms with Crippen LogP contribution in [0.5, 0.6) is 0 Å². The standard InChI is InChI=1S/C15H20O5/c1-11(13(16)8-15(18)19-2)14(17)10-20-9-12-6-4-3-5-7-12/h3-7,11,14,17H,8-10H2,1-2H3. The maximum atomic E-state index is 11.7. The average molecular weight is 280 g/mol. The molecule has 0 aliphatic rings. The molecule has 1 aromatic rings. The molecular weight excluding hydrogens is 260 g/mol. The lowest BCUT2D eigenvalue weighted by atomic mass is 9.98. The van der Waals surface area contributed by atoms with Crippen LogP contribution in [0.25, 0.3) is 0 Å². The minimum absolute atomic E-state index is 0.0446. The van der Waals surface area contributed by atoms with Crippen LogP contribution in [0.1, 0.15) is 18.9 Å². The summed E-state index contributed by atoms with van der Waals surface area (Å²) in [5.41, 5.74) is 0.994. The third-order valence-electron chi connectivity index (χ3n) is 3.03. The summed E-state index contributed by atoms with van der Waals surface area (Å²) in [4.78, 5) is 22.7. The molecule has 0 heterocycles. The number of methoxy groups -OCH3 is 1. The summed E-state index contributed by atoms with van der Waals surface area (Å²) >= 11 is 0. The number of hydrogen-bond donors (Lipinski definition) is 1. The van der Waals surface area contributed by atoms with E-state index in [1.165, 1.54) is 7.11 Å². The maximum absolute atomic E-state index is 11.7. The van der Waals surface area contributed by atoms with E-state index in [4.69, 9.17) is 4.74 Å². The third-order valence-corrected chi connectivity index (χ3v) is 3.03. The first-order chi connectivity index (χ1) is 9.54. The van der Waals surface area contributed by atoms with Crippen molar-refractivity contribution in [2.45, 2.75) is 26.1 Å². The molecule has 1 aromatic carbocycles. The van der Waals surface area contributed by atoms with Crippen LogP contribution < -0.4 is 0 Å². The Morgan fingerprint density at radius 3 is 2.50 bits per heavy atom. The maximum Gasteiger partial charge on any atom is 0.313 e.